The molecular weight excluding hydrogens is 236 g/mol. The summed E-state index contributed by atoms with van der Waals surface area (Å²) in [6, 6.07) is 0.528. The van der Waals surface area contributed by atoms with Gasteiger partial charge in [0, 0.05) is 19.0 Å². The van der Waals surface area contributed by atoms with Crippen LogP contribution in [0.5, 0.6) is 0 Å². The molecule has 0 aromatic heterocycles. The van der Waals surface area contributed by atoms with Crippen molar-refractivity contribution in [2.45, 2.75) is 64.8 Å². The lowest BCUT2D eigenvalue weighted by molar-refractivity contribution is -0.132. The summed E-state index contributed by atoms with van der Waals surface area (Å²) in [7, 11) is 0. The molecule has 1 N–H and O–H groups in total. The number of carbonyl (C=O) groups excluding carboxylic acids is 1. The van der Waals surface area contributed by atoms with E-state index < -0.39 is 0 Å². The van der Waals surface area contributed by atoms with Crippen LogP contribution in [0.15, 0.2) is 0 Å². The van der Waals surface area contributed by atoms with Gasteiger partial charge in [-0.15, -0.1) is 0 Å². The van der Waals surface area contributed by atoms with Crippen molar-refractivity contribution in [3.05, 3.63) is 0 Å². The highest BCUT2D eigenvalue weighted by atomic mass is 16.2. The number of amides is 1. The molecule has 0 aromatic rings. The molecule has 3 nitrogen and oxygen atoms in total. The smallest absolute Gasteiger partial charge is 0.222 e. The Labute approximate surface area is 118 Å². The SMILES string of the molecule is CC(C)CC1CCCN1C(=O)CCC1CCNCC1. The predicted molar refractivity (Wildman–Crippen MR) is 79.0 cm³/mol. The molecule has 2 fully saturated rings. The summed E-state index contributed by atoms with van der Waals surface area (Å²) in [5.74, 6) is 1.89. The van der Waals surface area contributed by atoms with Gasteiger partial charge in [0.05, 0.1) is 0 Å². The predicted octanol–water partition coefficient (Wildman–Crippen LogP) is 2.80. The maximum atomic E-state index is 12.4. The summed E-state index contributed by atoms with van der Waals surface area (Å²) in [6.45, 7) is 7.80. The first-order valence-corrected chi connectivity index (χ1v) is 8.17. The van der Waals surface area contributed by atoms with E-state index >= 15 is 0 Å². The molecule has 1 amide bonds. The van der Waals surface area contributed by atoms with Crippen LogP contribution in [0, 0.1) is 11.8 Å². The maximum Gasteiger partial charge on any atom is 0.222 e. The van der Waals surface area contributed by atoms with E-state index in [2.05, 4.69) is 24.1 Å². The molecule has 1 unspecified atom stereocenters. The van der Waals surface area contributed by atoms with Gasteiger partial charge in [0.15, 0.2) is 0 Å². The third-order valence-corrected chi connectivity index (χ3v) is 4.67. The fourth-order valence-electron chi connectivity index (χ4n) is 3.59. The first kappa shape index (κ1) is 14.8. The van der Waals surface area contributed by atoms with E-state index in [1.54, 1.807) is 0 Å². The largest absolute Gasteiger partial charge is 0.340 e. The van der Waals surface area contributed by atoms with Crippen LogP contribution in [0.2, 0.25) is 0 Å². The highest BCUT2D eigenvalue weighted by Crippen LogP contribution is 2.25. The van der Waals surface area contributed by atoms with Gasteiger partial charge in [-0.05, 0) is 63.5 Å². The fraction of sp³-hybridized carbons (Fsp3) is 0.938. The number of rotatable bonds is 5. The number of nitrogens with one attached hydrogen (secondary N) is 1. The zero-order valence-corrected chi connectivity index (χ0v) is 12.7. The highest BCUT2D eigenvalue weighted by Gasteiger charge is 2.29. The van der Waals surface area contributed by atoms with Crippen LogP contribution < -0.4 is 5.32 Å². The van der Waals surface area contributed by atoms with Gasteiger partial charge < -0.3 is 10.2 Å². The average molecular weight is 266 g/mol. The molecule has 0 saturated carbocycles. The number of piperidine rings is 1. The molecule has 0 aliphatic carbocycles. The zero-order chi connectivity index (χ0) is 13.7. The minimum atomic E-state index is 0.418. The molecule has 2 rings (SSSR count). The Morgan fingerprint density at radius 2 is 2.00 bits per heavy atom. The second-order valence-corrected chi connectivity index (χ2v) is 6.74. The fourth-order valence-corrected chi connectivity index (χ4v) is 3.59. The standard InChI is InChI=1S/C16H30N2O/c1-13(2)12-15-4-3-11-18(15)16(19)6-5-14-7-9-17-10-8-14/h13-15,17H,3-12H2,1-2H3. The zero-order valence-electron chi connectivity index (χ0n) is 12.7. The second-order valence-electron chi connectivity index (χ2n) is 6.74. The van der Waals surface area contributed by atoms with Crippen molar-refractivity contribution in [1.29, 1.82) is 0 Å². The van der Waals surface area contributed by atoms with Crippen LogP contribution in [-0.2, 0) is 4.79 Å². The quantitative estimate of drug-likeness (QED) is 0.830. The molecule has 2 aliphatic heterocycles. The Balaban J connectivity index is 1.75. The van der Waals surface area contributed by atoms with Gasteiger partial charge in [0.25, 0.3) is 0 Å². The molecule has 1 atom stereocenters. The number of hydrogen-bond acceptors (Lipinski definition) is 2. The van der Waals surface area contributed by atoms with E-state index in [1.165, 1.54) is 32.1 Å². The summed E-state index contributed by atoms with van der Waals surface area (Å²) in [5, 5.41) is 3.39. The molecule has 2 aliphatic rings. The minimum Gasteiger partial charge on any atom is -0.340 e. The van der Waals surface area contributed by atoms with Gasteiger partial charge in [0.1, 0.15) is 0 Å². The summed E-state index contributed by atoms with van der Waals surface area (Å²) < 4.78 is 0. The van der Waals surface area contributed by atoms with Gasteiger partial charge >= 0.3 is 0 Å². The second kappa shape index (κ2) is 7.28. The summed E-state index contributed by atoms with van der Waals surface area (Å²) in [6.07, 6.45) is 7.99. The van der Waals surface area contributed by atoms with Crippen LogP contribution in [0.1, 0.15) is 58.8 Å². The molecule has 110 valence electrons. The maximum absolute atomic E-state index is 12.4. The van der Waals surface area contributed by atoms with E-state index in [4.69, 9.17) is 0 Å². The molecule has 2 saturated heterocycles. The minimum absolute atomic E-state index is 0.418. The number of nitrogens with zero attached hydrogens (tertiary/aromatic N) is 1. The van der Waals surface area contributed by atoms with Crippen molar-refractivity contribution < 1.29 is 4.79 Å². The van der Waals surface area contributed by atoms with Crippen molar-refractivity contribution >= 4 is 5.91 Å². The third kappa shape index (κ3) is 4.48. The van der Waals surface area contributed by atoms with E-state index in [9.17, 15) is 4.79 Å². The number of carbonyl (C=O) groups is 1. The van der Waals surface area contributed by atoms with Gasteiger partial charge in [0.2, 0.25) is 5.91 Å². The normalized spacial score (nSPS) is 25.2. The Morgan fingerprint density at radius 1 is 1.26 bits per heavy atom. The van der Waals surface area contributed by atoms with Crippen LogP contribution in [0.25, 0.3) is 0 Å². The summed E-state index contributed by atoms with van der Waals surface area (Å²) in [5.41, 5.74) is 0. The third-order valence-electron chi connectivity index (χ3n) is 4.67. The first-order valence-electron chi connectivity index (χ1n) is 8.17. The van der Waals surface area contributed by atoms with Crippen LogP contribution >= 0.6 is 0 Å². The monoisotopic (exact) mass is 266 g/mol. The van der Waals surface area contributed by atoms with E-state index in [0.717, 1.165) is 38.4 Å². The van der Waals surface area contributed by atoms with Gasteiger partial charge in [-0.3, -0.25) is 4.79 Å². The van der Waals surface area contributed by atoms with E-state index in [0.29, 0.717) is 17.9 Å². The molecule has 0 aromatic carbocycles. The molecule has 0 bridgehead atoms. The summed E-state index contributed by atoms with van der Waals surface area (Å²) >= 11 is 0. The van der Waals surface area contributed by atoms with E-state index in [1.807, 2.05) is 0 Å². The topological polar surface area (TPSA) is 32.3 Å². The highest BCUT2D eigenvalue weighted by molar-refractivity contribution is 5.76. The Hall–Kier alpha value is -0.570. The molecule has 2 heterocycles. The van der Waals surface area contributed by atoms with Crippen molar-refractivity contribution in [3.8, 4) is 0 Å². The van der Waals surface area contributed by atoms with Crippen LogP contribution in [0.3, 0.4) is 0 Å². The molecule has 3 heteroatoms. The molecule has 0 spiro atoms. The average Bonchev–Trinajstić information content (AvgIpc) is 2.84. The molecular formula is C16H30N2O. The lowest BCUT2D eigenvalue weighted by Crippen LogP contribution is -2.36. The number of hydrogen-bond donors (Lipinski definition) is 1. The van der Waals surface area contributed by atoms with Crippen molar-refractivity contribution in [2.24, 2.45) is 11.8 Å². The van der Waals surface area contributed by atoms with Gasteiger partial charge in [-0.25, -0.2) is 0 Å². The van der Waals surface area contributed by atoms with E-state index in [-0.39, 0.29) is 0 Å². The van der Waals surface area contributed by atoms with Crippen molar-refractivity contribution in [3.63, 3.8) is 0 Å². The van der Waals surface area contributed by atoms with Gasteiger partial charge in [-0.2, -0.15) is 0 Å². The first-order chi connectivity index (χ1) is 9.16. The molecule has 0 radical (unpaired) electrons. The van der Waals surface area contributed by atoms with Crippen LogP contribution in [0.4, 0.5) is 0 Å². The van der Waals surface area contributed by atoms with Crippen molar-refractivity contribution in [1.82, 2.24) is 10.2 Å². The summed E-state index contributed by atoms with van der Waals surface area (Å²) in [4.78, 5) is 14.6. The lowest BCUT2D eigenvalue weighted by atomic mass is 9.93. The number of likely N-dealkylation sites (tertiary alicyclic amines) is 1. The molecule has 19 heavy (non-hydrogen) atoms. The lowest BCUT2D eigenvalue weighted by Gasteiger charge is -2.28. The van der Waals surface area contributed by atoms with Gasteiger partial charge in [-0.1, -0.05) is 13.8 Å². The Bertz CT molecular complexity index is 284. The van der Waals surface area contributed by atoms with Crippen molar-refractivity contribution in [2.75, 3.05) is 19.6 Å². The Morgan fingerprint density at radius 3 is 2.68 bits per heavy atom. The van der Waals surface area contributed by atoms with Crippen LogP contribution in [-0.4, -0.2) is 36.5 Å². The Kier molecular flexibility index (Phi) is 5.68.